The molecule has 0 aliphatic rings. The summed E-state index contributed by atoms with van der Waals surface area (Å²) in [6.45, 7) is 21.1. The van der Waals surface area contributed by atoms with Crippen LogP contribution in [0.15, 0.2) is 42.6 Å². The van der Waals surface area contributed by atoms with Crippen LogP contribution in [0.25, 0.3) is 0 Å². The topological polar surface area (TPSA) is 61.4 Å². The summed E-state index contributed by atoms with van der Waals surface area (Å²) in [5, 5.41) is 16.7. The average molecular weight is 424 g/mol. The van der Waals surface area contributed by atoms with Gasteiger partial charge in [0, 0.05) is 18.3 Å². The van der Waals surface area contributed by atoms with Crippen LogP contribution in [0.4, 0.5) is 0 Å². The standard InChI is InChI=1S/C17H25N3O2.4C2H6/c1-17(2,11-14-7-5-4-6-8-14)20(3)12-16(21)22-13-15-9-10-18-19-15;4*1-2/h4-10,16,21H,11-13H2,1-3H3,(H,18,19);4*1-2H3/t16-;;;;/m1..../s1. The maximum absolute atomic E-state index is 10.0. The predicted molar refractivity (Wildman–Crippen MR) is 132 cm³/mol. The molecule has 1 atom stereocenters. The average Bonchev–Trinajstić information content (AvgIpc) is 3.32. The molecular weight excluding hydrogens is 374 g/mol. The molecule has 0 fully saturated rings. The Morgan fingerprint density at radius 1 is 0.967 bits per heavy atom. The molecule has 1 aromatic heterocycles. The number of hydrogen-bond donors (Lipinski definition) is 2. The van der Waals surface area contributed by atoms with E-state index >= 15 is 0 Å². The number of aliphatic hydroxyl groups is 1. The molecule has 176 valence electrons. The zero-order valence-electron chi connectivity index (χ0n) is 21.5. The van der Waals surface area contributed by atoms with Crippen LogP contribution < -0.4 is 0 Å². The fourth-order valence-corrected chi connectivity index (χ4v) is 2.32. The highest BCUT2D eigenvalue weighted by molar-refractivity contribution is 5.17. The molecule has 5 nitrogen and oxygen atoms in total. The monoisotopic (exact) mass is 423 g/mol. The molecule has 0 radical (unpaired) electrons. The van der Waals surface area contributed by atoms with E-state index in [1.807, 2.05) is 86.7 Å². The highest BCUT2D eigenvalue weighted by Crippen LogP contribution is 2.19. The number of likely N-dealkylation sites (N-methyl/N-ethyl adjacent to an activating group) is 1. The van der Waals surface area contributed by atoms with Gasteiger partial charge in [-0.05, 0) is 38.9 Å². The molecule has 0 unspecified atom stereocenters. The fraction of sp³-hybridized carbons (Fsp3) is 0.640. The predicted octanol–water partition coefficient (Wildman–Crippen LogP) is 6.30. The van der Waals surface area contributed by atoms with Gasteiger partial charge in [-0.2, -0.15) is 5.10 Å². The van der Waals surface area contributed by atoms with Gasteiger partial charge in [0.05, 0.1) is 12.3 Å². The highest BCUT2D eigenvalue weighted by Gasteiger charge is 2.25. The lowest BCUT2D eigenvalue weighted by atomic mass is 9.93. The molecule has 2 rings (SSSR count). The summed E-state index contributed by atoms with van der Waals surface area (Å²) in [6.07, 6.45) is 1.75. The normalized spacial score (nSPS) is 10.7. The zero-order valence-corrected chi connectivity index (χ0v) is 21.5. The van der Waals surface area contributed by atoms with Gasteiger partial charge in [0.1, 0.15) is 0 Å². The quantitative estimate of drug-likeness (QED) is 0.489. The second-order valence-corrected chi connectivity index (χ2v) is 6.20. The number of aliphatic hydroxyl groups excluding tert-OH is 1. The number of hydrogen-bond acceptors (Lipinski definition) is 4. The molecule has 0 bridgehead atoms. The smallest absolute Gasteiger partial charge is 0.167 e. The first-order valence-corrected chi connectivity index (χ1v) is 11.5. The molecule has 1 heterocycles. The van der Waals surface area contributed by atoms with Crippen molar-refractivity contribution in [2.24, 2.45) is 0 Å². The van der Waals surface area contributed by atoms with E-state index in [4.69, 9.17) is 4.74 Å². The third-order valence-electron chi connectivity index (χ3n) is 3.93. The number of β-amino-alcohol motifs (C(OH)–C–C–N with tert-alkyl or cyclic N) is 1. The van der Waals surface area contributed by atoms with Crippen LogP contribution in [0.1, 0.15) is 80.5 Å². The Morgan fingerprint density at radius 3 is 1.97 bits per heavy atom. The molecule has 0 saturated heterocycles. The molecule has 0 aliphatic carbocycles. The minimum Gasteiger partial charge on any atom is -0.367 e. The van der Waals surface area contributed by atoms with E-state index in [0.717, 1.165) is 12.1 Å². The van der Waals surface area contributed by atoms with Crippen molar-refractivity contribution in [1.82, 2.24) is 15.1 Å². The van der Waals surface area contributed by atoms with Crippen LogP contribution >= 0.6 is 0 Å². The van der Waals surface area contributed by atoms with Gasteiger partial charge in [-0.15, -0.1) is 0 Å². The molecule has 0 aliphatic heterocycles. The Kier molecular flexibility index (Phi) is 24.2. The van der Waals surface area contributed by atoms with Gasteiger partial charge >= 0.3 is 0 Å². The van der Waals surface area contributed by atoms with Gasteiger partial charge in [-0.3, -0.25) is 10.00 Å². The Morgan fingerprint density at radius 2 is 1.50 bits per heavy atom. The first kappa shape index (κ1) is 33.0. The van der Waals surface area contributed by atoms with E-state index in [1.54, 1.807) is 6.20 Å². The Hall–Kier alpha value is -1.69. The highest BCUT2D eigenvalue weighted by atomic mass is 16.6. The van der Waals surface area contributed by atoms with Crippen molar-refractivity contribution in [1.29, 1.82) is 0 Å². The SMILES string of the molecule is CC.CC.CC.CC.CN(C[C@H](O)OCc1ccn[nH]1)C(C)(C)Cc1ccccc1. The first-order valence-electron chi connectivity index (χ1n) is 11.5. The Bertz CT molecular complexity index is 543. The van der Waals surface area contributed by atoms with Crippen molar-refractivity contribution >= 4 is 0 Å². The Balaban J connectivity index is -0.000000815. The van der Waals surface area contributed by atoms with Gasteiger partial charge in [0.25, 0.3) is 0 Å². The van der Waals surface area contributed by atoms with Crippen LogP contribution in [-0.4, -0.2) is 45.6 Å². The van der Waals surface area contributed by atoms with Crippen molar-refractivity contribution in [3.05, 3.63) is 53.9 Å². The number of ether oxygens (including phenoxy) is 1. The summed E-state index contributed by atoms with van der Waals surface area (Å²) < 4.78 is 5.45. The molecule has 1 aromatic carbocycles. The van der Waals surface area contributed by atoms with Crippen LogP contribution in [-0.2, 0) is 17.8 Å². The van der Waals surface area contributed by atoms with Crippen LogP contribution in [0.2, 0.25) is 0 Å². The number of nitrogens with one attached hydrogen (secondary N) is 1. The van der Waals surface area contributed by atoms with E-state index < -0.39 is 6.29 Å². The third-order valence-corrected chi connectivity index (χ3v) is 3.93. The molecule has 0 amide bonds. The van der Waals surface area contributed by atoms with E-state index in [-0.39, 0.29) is 5.54 Å². The van der Waals surface area contributed by atoms with Crippen molar-refractivity contribution in [3.63, 3.8) is 0 Å². The number of benzene rings is 1. The largest absolute Gasteiger partial charge is 0.367 e. The summed E-state index contributed by atoms with van der Waals surface area (Å²) >= 11 is 0. The van der Waals surface area contributed by atoms with Crippen molar-refractivity contribution in [2.75, 3.05) is 13.6 Å². The minimum atomic E-state index is -0.830. The number of nitrogens with zero attached hydrogens (tertiary/aromatic N) is 2. The molecule has 0 saturated carbocycles. The lowest BCUT2D eigenvalue weighted by Crippen LogP contribution is -2.46. The lowest BCUT2D eigenvalue weighted by molar-refractivity contribution is -0.128. The summed E-state index contributed by atoms with van der Waals surface area (Å²) in [6, 6.07) is 12.2. The van der Waals surface area contributed by atoms with Crippen LogP contribution in [0.3, 0.4) is 0 Å². The number of H-pyrrole nitrogens is 1. The van der Waals surface area contributed by atoms with E-state index in [1.165, 1.54) is 5.56 Å². The van der Waals surface area contributed by atoms with Gasteiger partial charge < -0.3 is 9.84 Å². The molecule has 5 heteroatoms. The summed E-state index contributed by atoms with van der Waals surface area (Å²) in [7, 11) is 2.01. The van der Waals surface area contributed by atoms with E-state index in [0.29, 0.717) is 13.2 Å². The third kappa shape index (κ3) is 15.2. The van der Waals surface area contributed by atoms with E-state index in [9.17, 15) is 5.11 Å². The fourth-order valence-electron chi connectivity index (χ4n) is 2.32. The maximum atomic E-state index is 10.0. The van der Waals surface area contributed by atoms with Gasteiger partial charge in [0.2, 0.25) is 0 Å². The Labute approximate surface area is 186 Å². The summed E-state index contributed by atoms with van der Waals surface area (Å²) in [5.41, 5.74) is 2.07. The van der Waals surface area contributed by atoms with E-state index in [2.05, 4.69) is 41.1 Å². The zero-order chi connectivity index (χ0) is 24.0. The molecule has 2 N–H and O–H groups in total. The molecular formula is C25H49N3O2. The minimum absolute atomic E-state index is 0.0698. The van der Waals surface area contributed by atoms with Gasteiger partial charge in [0.15, 0.2) is 6.29 Å². The lowest BCUT2D eigenvalue weighted by Gasteiger charge is -2.37. The molecule has 0 spiro atoms. The van der Waals surface area contributed by atoms with Crippen LogP contribution in [0, 0.1) is 0 Å². The van der Waals surface area contributed by atoms with Crippen molar-refractivity contribution < 1.29 is 9.84 Å². The number of rotatable bonds is 8. The van der Waals surface area contributed by atoms with Crippen LogP contribution in [0.5, 0.6) is 0 Å². The number of aromatic amines is 1. The molecule has 2 aromatic rings. The summed E-state index contributed by atoms with van der Waals surface area (Å²) in [5.74, 6) is 0. The van der Waals surface area contributed by atoms with Gasteiger partial charge in [-0.25, -0.2) is 0 Å². The van der Waals surface area contributed by atoms with Crippen molar-refractivity contribution in [3.8, 4) is 0 Å². The molecule has 30 heavy (non-hydrogen) atoms. The summed E-state index contributed by atoms with van der Waals surface area (Å²) in [4.78, 5) is 2.12. The van der Waals surface area contributed by atoms with Gasteiger partial charge in [-0.1, -0.05) is 85.7 Å². The number of aromatic nitrogens is 2. The first-order chi connectivity index (χ1) is 14.5. The maximum Gasteiger partial charge on any atom is 0.167 e. The van der Waals surface area contributed by atoms with Crippen molar-refractivity contribution in [2.45, 2.75) is 94.1 Å². The second kappa shape index (κ2) is 22.0. The second-order valence-electron chi connectivity index (χ2n) is 6.20.